The van der Waals surface area contributed by atoms with E-state index in [-0.39, 0.29) is 17.7 Å². The summed E-state index contributed by atoms with van der Waals surface area (Å²) in [7, 11) is 0. The van der Waals surface area contributed by atoms with Crippen molar-refractivity contribution in [2.45, 2.75) is 33.1 Å². The Hall–Kier alpha value is -1.88. The van der Waals surface area contributed by atoms with Gasteiger partial charge in [-0.15, -0.1) is 0 Å². The lowest BCUT2D eigenvalue weighted by Gasteiger charge is -2.22. The number of carbonyl (C=O) groups excluding carboxylic acids is 2. The van der Waals surface area contributed by atoms with Gasteiger partial charge in [-0.05, 0) is 62.5 Å². The van der Waals surface area contributed by atoms with Crippen molar-refractivity contribution in [2.24, 2.45) is 11.8 Å². The van der Waals surface area contributed by atoms with Gasteiger partial charge in [0.05, 0.1) is 0 Å². The van der Waals surface area contributed by atoms with E-state index in [1.54, 1.807) is 0 Å². The summed E-state index contributed by atoms with van der Waals surface area (Å²) in [6, 6.07) is 7.31. The molecule has 1 N–H and O–H groups in total. The van der Waals surface area contributed by atoms with Gasteiger partial charge >= 0.3 is 0 Å². The zero-order chi connectivity index (χ0) is 17.8. The van der Waals surface area contributed by atoms with Crippen molar-refractivity contribution in [3.05, 3.63) is 29.8 Å². The van der Waals surface area contributed by atoms with E-state index in [9.17, 15) is 9.59 Å². The molecule has 2 atom stereocenters. The molecule has 2 fully saturated rings. The Morgan fingerprint density at radius 1 is 1.12 bits per heavy atom. The van der Waals surface area contributed by atoms with Gasteiger partial charge in [-0.25, -0.2) is 0 Å². The minimum atomic E-state index is 0.0899. The minimum Gasteiger partial charge on any atom is -0.337 e. The third-order valence-electron chi connectivity index (χ3n) is 5.26. The lowest BCUT2D eigenvalue weighted by molar-refractivity contribution is -0.117. The number of anilines is 1. The van der Waals surface area contributed by atoms with E-state index >= 15 is 0 Å². The van der Waals surface area contributed by atoms with Crippen LogP contribution in [0.1, 0.15) is 43.5 Å². The number of benzene rings is 1. The quantitative estimate of drug-likeness (QED) is 0.894. The van der Waals surface area contributed by atoms with Crippen molar-refractivity contribution < 1.29 is 9.59 Å². The third-order valence-corrected chi connectivity index (χ3v) is 5.26. The molecule has 5 heteroatoms. The smallest absolute Gasteiger partial charge is 0.253 e. The monoisotopic (exact) mass is 343 g/mol. The Bertz CT molecular complexity index is 614. The van der Waals surface area contributed by atoms with Crippen LogP contribution in [0, 0.1) is 11.8 Å². The van der Waals surface area contributed by atoms with Crippen molar-refractivity contribution in [3.63, 3.8) is 0 Å². The predicted octanol–water partition coefficient (Wildman–Crippen LogP) is 2.84. The molecular formula is C20H29N3O2. The average Bonchev–Trinajstić information content (AvgIpc) is 3.38. The minimum absolute atomic E-state index is 0.0899. The summed E-state index contributed by atoms with van der Waals surface area (Å²) in [4.78, 5) is 29.1. The summed E-state index contributed by atoms with van der Waals surface area (Å²) in [5.74, 6) is 0.836. The fourth-order valence-electron chi connectivity index (χ4n) is 3.51. The van der Waals surface area contributed by atoms with Crippen LogP contribution in [0.25, 0.3) is 0 Å². The van der Waals surface area contributed by atoms with Crippen molar-refractivity contribution in [3.8, 4) is 0 Å². The summed E-state index contributed by atoms with van der Waals surface area (Å²) in [5, 5.41) is 2.94. The van der Waals surface area contributed by atoms with E-state index in [1.165, 1.54) is 0 Å². The second-order valence-electron chi connectivity index (χ2n) is 7.37. The Balaban J connectivity index is 1.56. The first kappa shape index (κ1) is 17.9. The van der Waals surface area contributed by atoms with Crippen LogP contribution in [-0.2, 0) is 4.79 Å². The molecule has 136 valence electrons. The first-order valence-electron chi connectivity index (χ1n) is 9.51. The van der Waals surface area contributed by atoms with Crippen molar-refractivity contribution in [1.29, 1.82) is 0 Å². The van der Waals surface area contributed by atoms with Crippen LogP contribution in [0.15, 0.2) is 24.3 Å². The van der Waals surface area contributed by atoms with Gasteiger partial charge in [0, 0.05) is 36.8 Å². The van der Waals surface area contributed by atoms with Gasteiger partial charge in [0.2, 0.25) is 5.91 Å². The normalized spacial score (nSPS) is 23.8. The van der Waals surface area contributed by atoms with E-state index in [4.69, 9.17) is 0 Å². The average molecular weight is 343 g/mol. The summed E-state index contributed by atoms with van der Waals surface area (Å²) in [6.07, 6.45) is 3.16. The molecule has 0 bridgehead atoms. The van der Waals surface area contributed by atoms with Gasteiger partial charge in [0.15, 0.2) is 0 Å². The highest BCUT2D eigenvalue weighted by molar-refractivity contribution is 5.97. The van der Waals surface area contributed by atoms with Crippen LogP contribution in [0.3, 0.4) is 0 Å². The van der Waals surface area contributed by atoms with Gasteiger partial charge in [-0.2, -0.15) is 0 Å². The number of nitrogens with one attached hydrogen (secondary N) is 1. The number of hydrogen-bond acceptors (Lipinski definition) is 3. The molecule has 1 aromatic rings. The van der Waals surface area contributed by atoms with Crippen LogP contribution in [0.4, 0.5) is 5.69 Å². The Morgan fingerprint density at radius 3 is 2.48 bits per heavy atom. The van der Waals surface area contributed by atoms with Crippen LogP contribution >= 0.6 is 0 Å². The first-order valence-corrected chi connectivity index (χ1v) is 9.51. The zero-order valence-electron chi connectivity index (χ0n) is 15.3. The maximum Gasteiger partial charge on any atom is 0.253 e. The second kappa shape index (κ2) is 8.00. The molecule has 3 rings (SSSR count). The van der Waals surface area contributed by atoms with Crippen molar-refractivity contribution in [1.82, 2.24) is 9.80 Å². The molecule has 0 aromatic heterocycles. The fourth-order valence-corrected chi connectivity index (χ4v) is 3.51. The highest BCUT2D eigenvalue weighted by atomic mass is 16.2. The Labute approximate surface area is 150 Å². The maximum absolute atomic E-state index is 12.7. The molecule has 0 spiro atoms. The van der Waals surface area contributed by atoms with E-state index in [0.717, 1.165) is 57.7 Å². The van der Waals surface area contributed by atoms with Gasteiger partial charge in [-0.3, -0.25) is 9.59 Å². The van der Waals surface area contributed by atoms with Crippen LogP contribution in [0.2, 0.25) is 0 Å². The molecule has 0 radical (unpaired) electrons. The zero-order valence-corrected chi connectivity index (χ0v) is 15.3. The fraction of sp³-hybridized carbons (Fsp3) is 0.600. The molecule has 0 unspecified atom stereocenters. The molecule has 1 heterocycles. The number of hydrogen-bond donors (Lipinski definition) is 1. The molecule has 1 aliphatic heterocycles. The van der Waals surface area contributed by atoms with Crippen LogP contribution in [0.5, 0.6) is 0 Å². The molecule has 1 aromatic carbocycles. The second-order valence-corrected chi connectivity index (χ2v) is 7.37. The molecule has 1 aliphatic carbocycles. The number of rotatable bonds is 5. The predicted molar refractivity (Wildman–Crippen MR) is 99.6 cm³/mol. The number of amides is 2. The summed E-state index contributed by atoms with van der Waals surface area (Å²) in [6.45, 7) is 9.02. The number of carbonyl (C=O) groups is 2. The summed E-state index contributed by atoms with van der Waals surface area (Å²) in [5.41, 5.74) is 1.47. The summed E-state index contributed by atoms with van der Waals surface area (Å²) < 4.78 is 0. The van der Waals surface area contributed by atoms with E-state index < -0.39 is 0 Å². The standard InChI is InChI=1S/C20H29N3O2/c1-3-9-22-10-4-11-23(13-12-22)20(25)16-5-7-17(8-6-16)21-19(24)18-14-15(18)2/h5-8,15,18H,3-4,9-14H2,1-2H3,(H,21,24)/t15-,18-/m1/s1. The lowest BCUT2D eigenvalue weighted by atomic mass is 10.1. The summed E-state index contributed by atoms with van der Waals surface area (Å²) >= 11 is 0. The topological polar surface area (TPSA) is 52.6 Å². The third kappa shape index (κ3) is 4.60. The molecule has 25 heavy (non-hydrogen) atoms. The van der Waals surface area contributed by atoms with Gasteiger partial charge < -0.3 is 15.1 Å². The highest BCUT2D eigenvalue weighted by Gasteiger charge is 2.39. The SMILES string of the molecule is CCCN1CCCN(C(=O)c2ccc(NC(=O)[C@@H]3C[C@H]3C)cc2)CC1. The lowest BCUT2D eigenvalue weighted by Crippen LogP contribution is -2.35. The largest absolute Gasteiger partial charge is 0.337 e. The van der Waals surface area contributed by atoms with Crippen molar-refractivity contribution in [2.75, 3.05) is 38.0 Å². The van der Waals surface area contributed by atoms with Gasteiger partial charge in [0.1, 0.15) is 0 Å². The van der Waals surface area contributed by atoms with Crippen LogP contribution in [-0.4, -0.2) is 54.3 Å². The molecule has 2 amide bonds. The van der Waals surface area contributed by atoms with Crippen molar-refractivity contribution >= 4 is 17.5 Å². The van der Waals surface area contributed by atoms with Gasteiger partial charge in [-0.1, -0.05) is 13.8 Å². The molecular weight excluding hydrogens is 314 g/mol. The number of nitrogens with zero attached hydrogens (tertiary/aromatic N) is 2. The highest BCUT2D eigenvalue weighted by Crippen LogP contribution is 2.38. The van der Waals surface area contributed by atoms with E-state index in [1.807, 2.05) is 29.2 Å². The molecule has 1 saturated carbocycles. The molecule has 5 nitrogen and oxygen atoms in total. The first-order chi connectivity index (χ1) is 12.1. The van der Waals surface area contributed by atoms with E-state index in [2.05, 4.69) is 24.1 Å². The Morgan fingerprint density at radius 2 is 1.84 bits per heavy atom. The van der Waals surface area contributed by atoms with Gasteiger partial charge in [0.25, 0.3) is 5.91 Å². The molecule has 2 aliphatic rings. The van der Waals surface area contributed by atoms with E-state index in [0.29, 0.717) is 11.5 Å². The van der Waals surface area contributed by atoms with Crippen LogP contribution < -0.4 is 5.32 Å². The Kier molecular flexibility index (Phi) is 5.74. The maximum atomic E-state index is 12.7. The molecule has 1 saturated heterocycles.